The molecule has 0 aliphatic carbocycles. The molecular formula is C15H12FIO2. The molecule has 0 fully saturated rings. The summed E-state index contributed by atoms with van der Waals surface area (Å²) in [5, 5.41) is 0. The molecule has 19 heavy (non-hydrogen) atoms. The molecule has 2 aromatic rings. The molecule has 0 unspecified atom stereocenters. The van der Waals surface area contributed by atoms with Gasteiger partial charge in [-0.3, -0.25) is 4.79 Å². The molecule has 0 amide bonds. The zero-order valence-corrected chi connectivity index (χ0v) is 12.5. The molecule has 0 aliphatic heterocycles. The molecule has 98 valence electrons. The van der Waals surface area contributed by atoms with Gasteiger partial charge in [0.2, 0.25) is 0 Å². The lowest BCUT2D eigenvalue weighted by Crippen LogP contribution is -1.99. The van der Waals surface area contributed by atoms with Gasteiger partial charge in [-0.2, -0.15) is 0 Å². The van der Waals surface area contributed by atoms with Crippen LogP contribution in [0.15, 0.2) is 42.5 Å². The number of rotatable bonds is 4. The molecule has 0 aromatic heterocycles. The lowest BCUT2D eigenvalue weighted by molar-refractivity contribution is 0.101. The van der Waals surface area contributed by atoms with Crippen molar-refractivity contribution in [3.8, 4) is 5.75 Å². The van der Waals surface area contributed by atoms with Crippen molar-refractivity contribution < 1.29 is 13.9 Å². The molecule has 0 aliphatic rings. The number of ether oxygens (including phenoxy) is 1. The number of carbonyl (C=O) groups excluding carboxylic acids is 1. The Kier molecular flexibility index (Phi) is 4.52. The fourth-order valence-corrected chi connectivity index (χ4v) is 2.53. The molecule has 0 radical (unpaired) electrons. The zero-order chi connectivity index (χ0) is 13.8. The first-order valence-corrected chi connectivity index (χ1v) is 6.82. The van der Waals surface area contributed by atoms with Crippen LogP contribution >= 0.6 is 22.6 Å². The van der Waals surface area contributed by atoms with Crippen molar-refractivity contribution in [3.05, 3.63) is 63.0 Å². The van der Waals surface area contributed by atoms with Crippen LogP contribution < -0.4 is 4.74 Å². The average Bonchev–Trinajstić information content (AvgIpc) is 2.36. The van der Waals surface area contributed by atoms with Crippen molar-refractivity contribution in [2.24, 2.45) is 0 Å². The van der Waals surface area contributed by atoms with Crippen LogP contribution in [0.3, 0.4) is 0 Å². The minimum Gasteiger partial charge on any atom is -0.489 e. The first-order chi connectivity index (χ1) is 9.06. The fourth-order valence-electron chi connectivity index (χ4n) is 1.66. The van der Waals surface area contributed by atoms with E-state index in [2.05, 4.69) is 22.6 Å². The number of hydrogen-bond donors (Lipinski definition) is 0. The maximum Gasteiger partial charge on any atom is 0.160 e. The normalized spacial score (nSPS) is 10.3. The number of hydrogen-bond acceptors (Lipinski definition) is 2. The van der Waals surface area contributed by atoms with E-state index in [0.29, 0.717) is 17.9 Å². The van der Waals surface area contributed by atoms with Crippen LogP contribution in [0.5, 0.6) is 5.75 Å². The minimum absolute atomic E-state index is 0.0288. The molecule has 0 heterocycles. The van der Waals surface area contributed by atoms with E-state index >= 15 is 0 Å². The monoisotopic (exact) mass is 370 g/mol. The van der Waals surface area contributed by atoms with Gasteiger partial charge in [0.05, 0.1) is 0 Å². The summed E-state index contributed by atoms with van der Waals surface area (Å²) in [6, 6.07) is 11.6. The number of benzene rings is 2. The van der Waals surface area contributed by atoms with Gasteiger partial charge < -0.3 is 4.74 Å². The van der Waals surface area contributed by atoms with Gasteiger partial charge >= 0.3 is 0 Å². The molecule has 2 aromatic carbocycles. The Hall–Kier alpha value is -1.43. The highest BCUT2D eigenvalue weighted by molar-refractivity contribution is 14.1. The van der Waals surface area contributed by atoms with Crippen molar-refractivity contribution in [2.75, 3.05) is 0 Å². The molecule has 4 heteroatoms. The van der Waals surface area contributed by atoms with Gasteiger partial charge in [0.25, 0.3) is 0 Å². The minimum atomic E-state index is -0.275. The topological polar surface area (TPSA) is 26.3 Å². The third-order valence-electron chi connectivity index (χ3n) is 2.61. The van der Waals surface area contributed by atoms with E-state index in [1.165, 1.54) is 19.1 Å². The second kappa shape index (κ2) is 6.14. The first kappa shape index (κ1) is 14.0. The SMILES string of the molecule is CC(=O)c1ccc(OCc2cccc(F)c2)cc1I. The van der Waals surface area contributed by atoms with Crippen LogP contribution in [0.4, 0.5) is 4.39 Å². The Morgan fingerprint density at radius 1 is 1.26 bits per heavy atom. The number of ketones is 1. The zero-order valence-electron chi connectivity index (χ0n) is 10.3. The summed E-state index contributed by atoms with van der Waals surface area (Å²) in [6.07, 6.45) is 0. The summed E-state index contributed by atoms with van der Waals surface area (Å²) in [4.78, 5) is 11.3. The summed E-state index contributed by atoms with van der Waals surface area (Å²) >= 11 is 2.10. The predicted octanol–water partition coefficient (Wildman–Crippen LogP) is 4.21. The second-order valence-electron chi connectivity index (χ2n) is 4.12. The van der Waals surface area contributed by atoms with E-state index in [4.69, 9.17) is 4.74 Å². The van der Waals surface area contributed by atoms with E-state index in [-0.39, 0.29) is 11.6 Å². The Morgan fingerprint density at radius 3 is 2.68 bits per heavy atom. The Bertz CT molecular complexity index is 611. The molecule has 0 bridgehead atoms. The van der Waals surface area contributed by atoms with E-state index in [1.807, 2.05) is 0 Å². The van der Waals surface area contributed by atoms with E-state index in [1.54, 1.807) is 30.3 Å². The van der Waals surface area contributed by atoms with Crippen molar-refractivity contribution in [2.45, 2.75) is 13.5 Å². The van der Waals surface area contributed by atoms with E-state index in [9.17, 15) is 9.18 Å². The van der Waals surface area contributed by atoms with Gasteiger partial charge in [-0.15, -0.1) is 0 Å². The van der Waals surface area contributed by atoms with Crippen LogP contribution in [0.25, 0.3) is 0 Å². The Balaban J connectivity index is 2.08. The quantitative estimate of drug-likeness (QED) is 0.595. The Morgan fingerprint density at radius 2 is 2.05 bits per heavy atom. The van der Waals surface area contributed by atoms with Crippen molar-refractivity contribution in [3.63, 3.8) is 0 Å². The molecule has 0 atom stereocenters. The standard InChI is InChI=1S/C15H12FIO2/c1-10(18)14-6-5-13(8-15(14)17)19-9-11-3-2-4-12(16)7-11/h2-8H,9H2,1H3. The number of halogens is 2. The fraction of sp³-hybridized carbons (Fsp3) is 0.133. The maximum absolute atomic E-state index is 13.0. The van der Waals surface area contributed by atoms with E-state index in [0.717, 1.165) is 9.13 Å². The van der Waals surface area contributed by atoms with Crippen LogP contribution in [-0.4, -0.2) is 5.78 Å². The molecule has 0 saturated heterocycles. The molecule has 2 rings (SSSR count). The summed E-state index contributed by atoms with van der Waals surface area (Å²) in [7, 11) is 0. The summed E-state index contributed by atoms with van der Waals surface area (Å²) in [6.45, 7) is 1.83. The Labute approximate surface area is 124 Å². The highest BCUT2D eigenvalue weighted by atomic mass is 127. The predicted molar refractivity (Wildman–Crippen MR) is 79.9 cm³/mol. The van der Waals surface area contributed by atoms with Crippen LogP contribution in [0.1, 0.15) is 22.8 Å². The van der Waals surface area contributed by atoms with Crippen molar-refractivity contribution >= 4 is 28.4 Å². The molecule has 0 spiro atoms. The second-order valence-corrected chi connectivity index (χ2v) is 5.28. The first-order valence-electron chi connectivity index (χ1n) is 5.74. The summed E-state index contributed by atoms with van der Waals surface area (Å²) in [5.74, 6) is 0.419. The van der Waals surface area contributed by atoms with Gasteiger partial charge in [-0.1, -0.05) is 12.1 Å². The molecule has 0 N–H and O–H groups in total. The lowest BCUT2D eigenvalue weighted by atomic mass is 10.1. The van der Waals surface area contributed by atoms with E-state index < -0.39 is 0 Å². The van der Waals surface area contributed by atoms with Gasteiger partial charge in [-0.05, 0) is 65.4 Å². The smallest absolute Gasteiger partial charge is 0.160 e. The summed E-state index contributed by atoms with van der Waals surface area (Å²) < 4.78 is 19.4. The van der Waals surface area contributed by atoms with Crippen LogP contribution in [0, 0.1) is 9.39 Å². The maximum atomic E-state index is 13.0. The summed E-state index contributed by atoms with van der Waals surface area (Å²) in [5.41, 5.74) is 1.45. The molecule has 2 nitrogen and oxygen atoms in total. The van der Waals surface area contributed by atoms with Crippen molar-refractivity contribution in [1.82, 2.24) is 0 Å². The van der Waals surface area contributed by atoms with Gasteiger partial charge in [-0.25, -0.2) is 4.39 Å². The molecule has 0 saturated carbocycles. The lowest BCUT2D eigenvalue weighted by Gasteiger charge is -2.08. The van der Waals surface area contributed by atoms with Gasteiger partial charge in [0, 0.05) is 9.13 Å². The van der Waals surface area contributed by atoms with Gasteiger partial charge in [0.1, 0.15) is 18.2 Å². The molecular weight excluding hydrogens is 358 g/mol. The van der Waals surface area contributed by atoms with Gasteiger partial charge in [0.15, 0.2) is 5.78 Å². The third-order valence-corrected chi connectivity index (χ3v) is 3.51. The number of carbonyl (C=O) groups is 1. The average molecular weight is 370 g/mol. The highest BCUT2D eigenvalue weighted by Gasteiger charge is 2.06. The number of Topliss-reactive ketones (excluding diaryl/α,β-unsaturated/α-hetero) is 1. The van der Waals surface area contributed by atoms with Crippen LogP contribution in [0.2, 0.25) is 0 Å². The van der Waals surface area contributed by atoms with Crippen molar-refractivity contribution in [1.29, 1.82) is 0 Å². The third kappa shape index (κ3) is 3.76. The highest BCUT2D eigenvalue weighted by Crippen LogP contribution is 2.21. The largest absolute Gasteiger partial charge is 0.489 e. The van der Waals surface area contributed by atoms with Crippen LogP contribution in [-0.2, 0) is 6.61 Å².